The van der Waals surface area contributed by atoms with Crippen LogP contribution in [0.2, 0.25) is 0 Å². The van der Waals surface area contributed by atoms with Gasteiger partial charge in [-0.15, -0.1) is 0 Å². The first-order valence-corrected chi connectivity index (χ1v) is 10.0. The molecule has 134 valence electrons. The summed E-state index contributed by atoms with van der Waals surface area (Å²) in [4.78, 5) is 23.8. The van der Waals surface area contributed by atoms with Crippen molar-refractivity contribution in [2.45, 2.75) is 84.7 Å². The molecule has 0 amide bonds. The van der Waals surface area contributed by atoms with E-state index in [-0.39, 0.29) is 17.5 Å². The lowest BCUT2D eigenvalue weighted by Gasteiger charge is -2.60. The zero-order valence-corrected chi connectivity index (χ0v) is 15.5. The quantitative estimate of drug-likeness (QED) is 0.663. The molecule has 0 saturated heterocycles. The standard InChI is InChI=1S/C21H32O3/c1-13(22)24-15-8-10-20(2)14(12-15)4-5-16-17-6-7-19(23)21(17,3)11-9-18(16)20/h14-18H,4-12H2,1-3H3/t14-,15-,16-,17-,18-,20-,21+/m0/s1. The van der Waals surface area contributed by atoms with E-state index in [9.17, 15) is 9.59 Å². The Bertz CT molecular complexity index is 555. The lowest BCUT2D eigenvalue weighted by molar-refractivity contribution is -0.160. The molecule has 0 spiro atoms. The van der Waals surface area contributed by atoms with Crippen LogP contribution in [0.4, 0.5) is 0 Å². The van der Waals surface area contributed by atoms with Gasteiger partial charge < -0.3 is 4.74 Å². The highest BCUT2D eigenvalue weighted by molar-refractivity contribution is 5.87. The maximum atomic E-state index is 12.5. The average molecular weight is 332 g/mol. The number of rotatable bonds is 1. The molecular weight excluding hydrogens is 300 g/mol. The van der Waals surface area contributed by atoms with Crippen molar-refractivity contribution in [3.05, 3.63) is 0 Å². The highest BCUT2D eigenvalue weighted by atomic mass is 16.5. The summed E-state index contributed by atoms with van der Waals surface area (Å²) in [7, 11) is 0. The first-order valence-electron chi connectivity index (χ1n) is 10.0. The summed E-state index contributed by atoms with van der Waals surface area (Å²) < 4.78 is 5.54. The number of carbonyl (C=O) groups is 2. The van der Waals surface area contributed by atoms with Crippen LogP contribution >= 0.6 is 0 Å². The summed E-state index contributed by atoms with van der Waals surface area (Å²) in [5.74, 6) is 3.26. The van der Waals surface area contributed by atoms with Gasteiger partial charge in [0.2, 0.25) is 0 Å². The Morgan fingerprint density at radius 3 is 2.58 bits per heavy atom. The second kappa shape index (κ2) is 5.57. The normalized spacial score (nSPS) is 50.6. The minimum atomic E-state index is -0.129. The van der Waals surface area contributed by atoms with Crippen molar-refractivity contribution in [3.8, 4) is 0 Å². The Morgan fingerprint density at radius 2 is 1.83 bits per heavy atom. The number of hydrogen-bond donors (Lipinski definition) is 0. The van der Waals surface area contributed by atoms with Crippen LogP contribution in [0.1, 0.15) is 78.6 Å². The van der Waals surface area contributed by atoms with Gasteiger partial charge in [0.1, 0.15) is 11.9 Å². The van der Waals surface area contributed by atoms with E-state index in [2.05, 4.69) is 13.8 Å². The molecule has 4 fully saturated rings. The maximum absolute atomic E-state index is 12.5. The van der Waals surface area contributed by atoms with E-state index in [1.165, 1.54) is 32.6 Å². The van der Waals surface area contributed by atoms with E-state index in [0.717, 1.165) is 43.9 Å². The zero-order valence-electron chi connectivity index (χ0n) is 15.5. The lowest BCUT2D eigenvalue weighted by Crippen LogP contribution is -2.54. The third-order valence-corrected chi connectivity index (χ3v) is 8.66. The molecule has 0 aromatic rings. The number of Topliss-reactive ketones (excluding diaryl/α,β-unsaturated/α-hetero) is 1. The third kappa shape index (κ3) is 2.29. The van der Waals surface area contributed by atoms with Crippen LogP contribution in [0.15, 0.2) is 0 Å². The van der Waals surface area contributed by atoms with Crippen molar-refractivity contribution in [1.29, 1.82) is 0 Å². The van der Waals surface area contributed by atoms with E-state index < -0.39 is 0 Å². The van der Waals surface area contributed by atoms with Crippen LogP contribution in [0, 0.1) is 34.5 Å². The topological polar surface area (TPSA) is 43.4 Å². The first kappa shape index (κ1) is 16.6. The number of carbonyl (C=O) groups excluding carboxylic acids is 2. The molecule has 0 unspecified atom stereocenters. The molecule has 0 aromatic heterocycles. The van der Waals surface area contributed by atoms with Gasteiger partial charge in [0.25, 0.3) is 0 Å². The number of fused-ring (bicyclic) bond motifs is 5. The van der Waals surface area contributed by atoms with Crippen molar-refractivity contribution in [2.24, 2.45) is 34.5 Å². The molecule has 7 atom stereocenters. The molecule has 0 heterocycles. The highest BCUT2D eigenvalue weighted by Crippen LogP contribution is 2.65. The fraction of sp³-hybridized carbons (Fsp3) is 0.905. The minimum Gasteiger partial charge on any atom is -0.463 e. The molecule has 4 rings (SSSR count). The van der Waals surface area contributed by atoms with Gasteiger partial charge in [-0.3, -0.25) is 9.59 Å². The van der Waals surface area contributed by atoms with Gasteiger partial charge >= 0.3 is 5.97 Å². The van der Waals surface area contributed by atoms with E-state index >= 15 is 0 Å². The second-order valence-electron chi connectivity index (χ2n) is 9.58. The zero-order chi connectivity index (χ0) is 17.1. The molecule has 4 aliphatic rings. The van der Waals surface area contributed by atoms with Crippen LogP contribution < -0.4 is 0 Å². The van der Waals surface area contributed by atoms with Crippen LogP contribution in [0.25, 0.3) is 0 Å². The predicted octanol–water partition coefficient (Wildman–Crippen LogP) is 4.53. The predicted molar refractivity (Wildman–Crippen MR) is 92.3 cm³/mol. The summed E-state index contributed by atoms with van der Waals surface area (Å²) in [6.45, 7) is 6.30. The van der Waals surface area contributed by atoms with Crippen molar-refractivity contribution in [2.75, 3.05) is 0 Å². The molecule has 3 heteroatoms. The van der Waals surface area contributed by atoms with E-state index in [0.29, 0.717) is 23.0 Å². The first-order chi connectivity index (χ1) is 11.3. The molecule has 0 bridgehead atoms. The fourth-order valence-corrected chi connectivity index (χ4v) is 7.33. The number of esters is 1. The van der Waals surface area contributed by atoms with Crippen molar-refractivity contribution in [1.82, 2.24) is 0 Å². The van der Waals surface area contributed by atoms with Crippen LogP contribution in [-0.4, -0.2) is 17.9 Å². The Kier molecular flexibility index (Phi) is 3.85. The van der Waals surface area contributed by atoms with Crippen molar-refractivity contribution < 1.29 is 14.3 Å². The lowest BCUT2D eigenvalue weighted by atomic mass is 9.45. The summed E-state index contributed by atoms with van der Waals surface area (Å²) in [5, 5.41) is 0. The maximum Gasteiger partial charge on any atom is 0.302 e. The molecule has 0 aromatic carbocycles. The average Bonchev–Trinajstić information content (AvgIpc) is 2.83. The van der Waals surface area contributed by atoms with Gasteiger partial charge in [-0.05, 0) is 80.5 Å². The SMILES string of the molecule is CC(=O)O[C@H]1CC[C@@]2(C)[C@@H](CC[C@@H]3[C@@H]2CC[C@@]2(C)C(=O)CC[C@@H]32)C1. The minimum absolute atomic E-state index is 0.0146. The highest BCUT2D eigenvalue weighted by Gasteiger charge is 2.60. The van der Waals surface area contributed by atoms with Crippen LogP contribution in [-0.2, 0) is 14.3 Å². The summed E-state index contributed by atoms with van der Waals surface area (Å²) in [5.41, 5.74) is 0.381. The van der Waals surface area contributed by atoms with Crippen LogP contribution in [0.3, 0.4) is 0 Å². The fourth-order valence-electron chi connectivity index (χ4n) is 7.33. The smallest absolute Gasteiger partial charge is 0.302 e. The van der Waals surface area contributed by atoms with Gasteiger partial charge in [-0.1, -0.05) is 13.8 Å². The second-order valence-corrected chi connectivity index (χ2v) is 9.58. The molecule has 0 aliphatic heterocycles. The molecule has 0 N–H and O–H groups in total. The summed E-state index contributed by atoms with van der Waals surface area (Å²) in [6, 6.07) is 0. The third-order valence-electron chi connectivity index (χ3n) is 8.66. The van der Waals surface area contributed by atoms with E-state index in [1.54, 1.807) is 0 Å². The van der Waals surface area contributed by atoms with Gasteiger partial charge in [-0.25, -0.2) is 0 Å². The Balaban J connectivity index is 1.54. The number of hydrogen-bond acceptors (Lipinski definition) is 3. The summed E-state index contributed by atoms with van der Waals surface area (Å²) >= 11 is 0. The summed E-state index contributed by atoms with van der Waals surface area (Å²) in [6.07, 6.45) is 10.2. The van der Waals surface area contributed by atoms with Crippen molar-refractivity contribution >= 4 is 11.8 Å². The van der Waals surface area contributed by atoms with Crippen molar-refractivity contribution in [3.63, 3.8) is 0 Å². The molecule has 24 heavy (non-hydrogen) atoms. The Hall–Kier alpha value is -0.860. The molecule has 3 nitrogen and oxygen atoms in total. The van der Waals surface area contributed by atoms with Crippen LogP contribution in [0.5, 0.6) is 0 Å². The molecule has 0 radical (unpaired) electrons. The number of ether oxygens (including phenoxy) is 1. The molecular formula is C21H32O3. The van der Waals surface area contributed by atoms with Gasteiger partial charge in [0, 0.05) is 18.8 Å². The Morgan fingerprint density at radius 1 is 1.04 bits per heavy atom. The largest absolute Gasteiger partial charge is 0.463 e. The van der Waals surface area contributed by atoms with Gasteiger partial charge in [0.15, 0.2) is 0 Å². The van der Waals surface area contributed by atoms with Gasteiger partial charge in [-0.2, -0.15) is 0 Å². The number of ketones is 1. The van der Waals surface area contributed by atoms with Gasteiger partial charge in [0.05, 0.1) is 0 Å². The molecule has 4 aliphatic carbocycles. The Labute approximate surface area is 145 Å². The molecule has 4 saturated carbocycles. The van der Waals surface area contributed by atoms with E-state index in [4.69, 9.17) is 4.74 Å². The monoisotopic (exact) mass is 332 g/mol. The van der Waals surface area contributed by atoms with E-state index in [1.807, 2.05) is 0 Å².